The first-order valence-corrected chi connectivity index (χ1v) is 6.74. The Balaban J connectivity index is 2.10. The van der Waals surface area contributed by atoms with Crippen LogP contribution in [0.4, 0.5) is 0 Å². The van der Waals surface area contributed by atoms with E-state index in [1.54, 1.807) is 29.7 Å². The molecule has 0 saturated carbocycles. The molecule has 22 heavy (non-hydrogen) atoms. The van der Waals surface area contributed by atoms with E-state index in [0.29, 0.717) is 23.2 Å². The minimum Gasteiger partial charge on any atom is -0.447 e. The van der Waals surface area contributed by atoms with Crippen LogP contribution in [0, 0.1) is 18.3 Å². The molecular weight excluding hydrogens is 282 g/mol. The van der Waals surface area contributed by atoms with Crippen molar-refractivity contribution < 1.29 is 14.3 Å². The molecule has 0 saturated heterocycles. The molecule has 2 heterocycles. The lowest BCUT2D eigenvalue weighted by Crippen LogP contribution is -2.41. The van der Waals surface area contributed by atoms with Gasteiger partial charge in [-0.3, -0.25) is 9.36 Å². The molecule has 0 bridgehead atoms. The number of aromatic nitrogens is 2. The molecule has 6 heteroatoms. The average Bonchev–Trinajstić information content (AvgIpc) is 2.91. The van der Waals surface area contributed by atoms with E-state index in [0.717, 1.165) is 11.3 Å². The molecular formula is C16H13N3O3. The molecule has 0 radical (unpaired) electrons. The summed E-state index contributed by atoms with van der Waals surface area (Å²) in [6.45, 7) is 3.39. The maximum absolute atomic E-state index is 12.2. The lowest BCUT2D eigenvalue weighted by molar-refractivity contribution is -0.124. The number of carbonyl (C=O) groups excluding carboxylic acids is 2. The Morgan fingerprint density at radius 3 is 2.91 bits per heavy atom. The van der Waals surface area contributed by atoms with Gasteiger partial charge in [0.2, 0.25) is 0 Å². The Bertz CT molecular complexity index is 832. The van der Waals surface area contributed by atoms with Crippen molar-refractivity contribution in [2.24, 2.45) is 0 Å². The quantitative estimate of drug-likeness (QED) is 0.622. The number of nitrogens with zero attached hydrogens (tertiary/aromatic N) is 3. The summed E-state index contributed by atoms with van der Waals surface area (Å²) in [5.41, 5.74) is 1.80. The second-order valence-corrected chi connectivity index (χ2v) is 5.52. The van der Waals surface area contributed by atoms with Gasteiger partial charge in [0.25, 0.3) is 0 Å². The van der Waals surface area contributed by atoms with Crippen molar-refractivity contribution in [1.82, 2.24) is 9.55 Å². The van der Waals surface area contributed by atoms with E-state index in [2.05, 4.69) is 11.1 Å². The van der Waals surface area contributed by atoms with E-state index in [1.165, 1.54) is 6.33 Å². The van der Waals surface area contributed by atoms with Crippen LogP contribution in [0.1, 0.15) is 34.2 Å². The normalized spacial score (nSPS) is 20.0. The zero-order valence-electron chi connectivity index (χ0n) is 12.2. The maximum atomic E-state index is 12.2. The second-order valence-electron chi connectivity index (χ2n) is 5.52. The predicted octanol–water partition coefficient (Wildman–Crippen LogP) is 1.72. The van der Waals surface area contributed by atoms with Gasteiger partial charge in [-0.2, -0.15) is 5.26 Å². The standard InChI is InChI=1S/C16H13N3O3/c1-10-5-12(4-3-11(10)7-17)19-9-18-13-6-16(2,8-20)22-15(21)14(13)19/h3-5,8-9H,6H2,1-2H3. The molecule has 0 aliphatic carbocycles. The van der Waals surface area contributed by atoms with Gasteiger partial charge < -0.3 is 4.74 Å². The second kappa shape index (κ2) is 4.81. The molecule has 0 amide bonds. The first-order valence-electron chi connectivity index (χ1n) is 6.74. The number of carbonyl (C=O) groups is 2. The van der Waals surface area contributed by atoms with E-state index in [1.807, 2.05) is 6.92 Å². The molecule has 110 valence electrons. The molecule has 0 spiro atoms. The molecule has 1 aliphatic rings. The van der Waals surface area contributed by atoms with Crippen molar-refractivity contribution in [3.8, 4) is 11.8 Å². The number of hydrogen-bond acceptors (Lipinski definition) is 5. The number of esters is 1. The van der Waals surface area contributed by atoms with Crippen LogP contribution in [0.5, 0.6) is 0 Å². The molecule has 1 atom stereocenters. The maximum Gasteiger partial charge on any atom is 0.358 e. The topological polar surface area (TPSA) is 85.0 Å². The summed E-state index contributed by atoms with van der Waals surface area (Å²) in [6.07, 6.45) is 2.40. The fraction of sp³-hybridized carbons (Fsp3) is 0.250. The van der Waals surface area contributed by atoms with Gasteiger partial charge in [-0.25, -0.2) is 9.78 Å². The van der Waals surface area contributed by atoms with E-state index < -0.39 is 11.6 Å². The van der Waals surface area contributed by atoms with Crippen molar-refractivity contribution in [2.45, 2.75) is 25.9 Å². The van der Waals surface area contributed by atoms with Crippen LogP contribution >= 0.6 is 0 Å². The Morgan fingerprint density at radius 2 is 2.27 bits per heavy atom. The van der Waals surface area contributed by atoms with Crippen molar-refractivity contribution in [1.29, 1.82) is 5.26 Å². The van der Waals surface area contributed by atoms with Gasteiger partial charge in [-0.1, -0.05) is 0 Å². The van der Waals surface area contributed by atoms with Gasteiger partial charge in [0.15, 0.2) is 17.6 Å². The molecule has 0 fully saturated rings. The Morgan fingerprint density at radius 1 is 1.50 bits per heavy atom. The number of imidazole rings is 1. The van der Waals surface area contributed by atoms with Gasteiger partial charge in [0.1, 0.15) is 6.33 Å². The number of ether oxygens (including phenoxy) is 1. The van der Waals surface area contributed by atoms with Crippen molar-refractivity contribution in [3.05, 3.63) is 47.0 Å². The molecule has 1 aliphatic heterocycles. The first-order chi connectivity index (χ1) is 10.5. The summed E-state index contributed by atoms with van der Waals surface area (Å²) in [7, 11) is 0. The highest BCUT2D eigenvalue weighted by Gasteiger charge is 2.39. The highest BCUT2D eigenvalue weighted by Crippen LogP contribution is 2.28. The Labute approximate surface area is 127 Å². The number of rotatable bonds is 2. The molecule has 1 aromatic heterocycles. The van der Waals surface area contributed by atoms with E-state index in [-0.39, 0.29) is 6.42 Å². The lowest BCUT2D eigenvalue weighted by Gasteiger charge is -2.27. The van der Waals surface area contributed by atoms with Crippen LogP contribution in [0.15, 0.2) is 24.5 Å². The summed E-state index contributed by atoms with van der Waals surface area (Å²) < 4.78 is 6.85. The molecule has 0 N–H and O–H groups in total. The highest BCUT2D eigenvalue weighted by atomic mass is 16.6. The van der Waals surface area contributed by atoms with E-state index in [4.69, 9.17) is 10.00 Å². The molecule has 1 unspecified atom stereocenters. The third-order valence-electron chi connectivity index (χ3n) is 3.74. The molecule has 2 aromatic rings. The monoisotopic (exact) mass is 295 g/mol. The lowest BCUT2D eigenvalue weighted by atomic mass is 9.97. The van der Waals surface area contributed by atoms with E-state index >= 15 is 0 Å². The largest absolute Gasteiger partial charge is 0.447 e. The number of hydrogen-bond donors (Lipinski definition) is 0. The highest BCUT2D eigenvalue weighted by molar-refractivity contribution is 5.93. The smallest absolute Gasteiger partial charge is 0.358 e. The first kappa shape index (κ1) is 14.0. The number of aryl methyl sites for hydroxylation is 1. The fourth-order valence-corrected chi connectivity index (χ4v) is 2.54. The summed E-state index contributed by atoms with van der Waals surface area (Å²) in [5, 5.41) is 8.98. The van der Waals surface area contributed by atoms with Crippen LogP contribution < -0.4 is 0 Å². The van der Waals surface area contributed by atoms with Gasteiger partial charge in [0.05, 0.1) is 17.3 Å². The van der Waals surface area contributed by atoms with Crippen molar-refractivity contribution in [3.63, 3.8) is 0 Å². The summed E-state index contributed by atoms with van der Waals surface area (Å²) in [6, 6.07) is 7.35. The van der Waals surface area contributed by atoms with Crippen LogP contribution in [0.25, 0.3) is 5.69 Å². The van der Waals surface area contributed by atoms with Crippen LogP contribution in [-0.4, -0.2) is 27.4 Å². The van der Waals surface area contributed by atoms with E-state index in [9.17, 15) is 9.59 Å². The molecule has 6 nitrogen and oxygen atoms in total. The van der Waals surface area contributed by atoms with Gasteiger partial charge in [-0.05, 0) is 37.6 Å². The zero-order chi connectivity index (χ0) is 15.9. The summed E-state index contributed by atoms with van der Waals surface area (Å²) >= 11 is 0. The van der Waals surface area contributed by atoms with Crippen LogP contribution in [0.2, 0.25) is 0 Å². The number of fused-ring (bicyclic) bond motifs is 1. The predicted molar refractivity (Wildman–Crippen MR) is 76.6 cm³/mol. The number of nitriles is 1. The third-order valence-corrected chi connectivity index (χ3v) is 3.74. The van der Waals surface area contributed by atoms with Gasteiger partial charge >= 0.3 is 5.97 Å². The molecule has 3 rings (SSSR count). The third kappa shape index (κ3) is 2.07. The average molecular weight is 295 g/mol. The Kier molecular flexibility index (Phi) is 3.06. The van der Waals surface area contributed by atoms with Crippen molar-refractivity contribution >= 4 is 12.3 Å². The number of benzene rings is 1. The summed E-state index contributed by atoms with van der Waals surface area (Å²) in [5.74, 6) is -0.574. The van der Waals surface area contributed by atoms with Crippen LogP contribution in [0.3, 0.4) is 0 Å². The number of cyclic esters (lactones) is 1. The van der Waals surface area contributed by atoms with Crippen molar-refractivity contribution in [2.75, 3.05) is 0 Å². The zero-order valence-corrected chi connectivity index (χ0v) is 12.2. The SMILES string of the molecule is Cc1cc(-n2cnc3c2C(=O)OC(C)(C=O)C3)ccc1C#N. The minimum atomic E-state index is -1.16. The molecule has 1 aromatic carbocycles. The summed E-state index contributed by atoms with van der Waals surface area (Å²) in [4.78, 5) is 27.6. The van der Waals surface area contributed by atoms with Crippen LogP contribution in [-0.2, 0) is 16.0 Å². The number of aldehydes is 1. The minimum absolute atomic E-state index is 0.250. The fourth-order valence-electron chi connectivity index (χ4n) is 2.54. The Hall–Kier alpha value is -2.94. The van der Waals surface area contributed by atoms with Gasteiger partial charge in [0, 0.05) is 12.1 Å². The van der Waals surface area contributed by atoms with Gasteiger partial charge in [-0.15, -0.1) is 0 Å².